The molecule has 2 rings (SSSR count). The molecular weight excluding hydrogens is 290 g/mol. The molecule has 4 nitrogen and oxygen atoms in total. The Morgan fingerprint density at radius 2 is 2.44 bits per heavy atom. The molecule has 0 radical (unpaired) electrons. The average Bonchev–Trinajstić information content (AvgIpc) is 2.77. The quantitative estimate of drug-likeness (QED) is 0.681. The number of carbonyl (C=O) groups excluding carboxylic acids is 1. The van der Waals surface area contributed by atoms with Crippen LogP contribution >= 0.6 is 27.3 Å². The van der Waals surface area contributed by atoms with E-state index in [0.717, 1.165) is 28.7 Å². The summed E-state index contributed by atoms with van der Waals surface area (Å²) >= 11 is 4.86. The number of hydrogen-bond donors (Lipinski definition) is 1. The van der Waals surface area contributed by atoms with E-state index in [1.807, 2.05) is 11.4 Å². The number of anilines is 1. The van der Waals surface area contributed by atoms with E-state index in [4.69, 9.17) is 0 Å². The summed E-state index contributed by atoms with van der Waals surface area (Å²) < 4.78 is 1.06. The summed E-state index contributed by atoms with van der Waals surface area (Å²) in [6, 6.07) is 1.96. The molecule has 0 amide bonds. The van der Waals surface area contributed by atoms with Crippen LogP contribution in [0.3, 0.4) is 0 Å². The van der Waals surface area contributed by atoms with Crippen LogP contribution in [0.4, 0.5) is 5.82 Å². The zero-order valence-electron chi connectivity index (χ0n) is 8.39. The van der Waals surface area contributed by atoms with Crippen molar-refractivity contribution in [1.29, 1.82) is 0 Å². The Morgan fingerprint density at radius 1 is 1.56 bits per heavy atom. The molecular formula is C10H10BrN3OS. The highest BCUT2D eigenvalue weighted by molar-refractivity contribution is 9.09. The summed E-state index contributed by atoms with van der Waals surface area (Å²) in [5.74, 6) is 0.839. The second kappa shape index (κ2) is 5.36. The van der Waals surface area contributed by atoms with Crippen LogP contribution in [0.5, 0.6) is 0 Å². The van der Waals surface area contributed by atoms with Crippen LogP contribution in [0, 0.1) is 0 Å². The number of hydrogen-bond acceptors (Lipinski definition) is 5. The first-order chi connectivity index (χ1) is 7.81. The van der Waals surface area contributed by atoms with Gasteiger partial charge in [-0.1, -0.05) is 15.9 Å². The SMILES string of the molecule is O=CC(Br)CCNc1ncnc2ccsc12. The van der Waals surface area contributed by atoms with Gasteiger partial charge >= 0.3 is 0 Å². The van der Waals surface area contributed by atoms with Crippen molar-refractivity contribution < 1.29 is 4.79 Å². The molecule has 1 atom stereocenters. The van der Waals surface area contributed by atoms with Crippen LogP contribution in [0.2, 0.25) is 0 Å². The summed E-state index contributed by atoms with van der Waals surface area (Å²) in [5.41, 5.74) is 0.952. The maximum atomic E-state index is 10.4. The number of rotatable bonds is 5. The molecule has 1 N–H and O–H groups in total. The minimum Gasteiger partial charge on any atom is -0.369 e. The lowest BCUT2D eigenvalue weighted by atomic mass is 10.3. The number of carbonyl (C=O) groups is 1. The normalized spacial score (nSPS) is 12.6. The first-order valence-electron chi connectivity index (χ1n) is 4.82. The number of thiophene rings is 1. The number of aromatic nitrogens is 2. The fraction of sp³-hybridized carbons (Fsp3) is 0.300. The van der Waals surface area contributed by atoms with E-state index in [1.54, 1.807) is 17.7 Å². The minimum atomic E-state index is -0.0966. The Bertz CT molecular complexity index is 488. The highest BCUT2D eigenvalue weighted by Gasteiger charge is 2.05. The van der Waals surface area contributed by atoms with Crippen LogP contribution in [-0.2, 0) is 4.79 Å². The molecule has 2 heterocycles. The van der Waals surface area contributed by atoms with Gasteiger partial charge in [-0.25, -0.2) is 9.97 Å². The zero-order valence-corrected chi connectivity index (χ0v) is 10.8. The Kier molecular flexibility index (Phi) is 3.84. The summed E-state index contributed by atoms with van der Waals surface area (Å²) in [6.07, 6.45) is 3.17. The summed E-state index contributed by atoms with van der Waals surface area (Å²) in [6.45, 7) is 0.707. The molecule has 16 heavy (non-hydrogen) atoms. The molecule has 0 fully saturated rings. The predicted molar refractivity (Wildman–Crippen MR) is 69.3 cm³/mol. The lowest BCUT2D eigenvalue weighted by Crippen LogP contribution is -2.10. The Balaban J connectivity index is 2.04. The molecule has 0 spiro atoms. The van der Waals surface area contributed by atoms with Gasteiger partial charge in [-0.05, 0) is 17.9 Å². The first kappa shape index (κ1) is 11.5. The Hall–Kier alpha value is -1.01. The van der Waals surface area contributed by atoms with Gasteiger partial charge in [0.25, 0.3) is 0 Å². The number of fused-ring (bicyclic) bond motifs is 1. The topological polar surface area (TPSA) is 54.9 Å². The van der Waals surface area contributed by atoms with Gasteiger partial charge in [0, 0.05) is 6.54 Å². The maximum absolute atomic E-state index is 10.4. The van der Waals surface area contributed by atoms with Crippen LogP contribution in [0.25, 0.3) is 10.2 Å². The summed E-state index contributed by atoms with van der Waals surface area (Å²) in [7, 11) is 0. The zero-order chi connectivity index (χ0) is 11.4. The number of nitrogens with zero attached hydrogens (tertiary/aromatic N) is 2. The van der Waals surface area contributed by atoms with E-state index in [1.165, 1.54) is 0 Å². The fourth-order valence-corrected chi connectivity index (χ4v) is 2.35. The molecule has 2 aromatic heterocycles. The minimum absolute atomic E-state index is 0.0966. The number of aldehydes is 1. The van der Waals surface area contributed by atoms with E-state index >= 15 is 0 Å². The fourth-order valence-electron chi connectivity index (χ4n) is 1.31. The molecule has 0 aliphatic carbocycles. The van der Waals surface area contributed by atoms with Crippen molar-refractivity contribution in [2.45, 2.75) is 11.2 Å². The van der Waals surface area contributed by atoms with Crippen molar-refractivity contribution in [3.8, 4) is 0 Å². The Labute approximate surface area is 105 Å². The third kappa shape index (κ3) is 2.56. The summed E-state index contributed by atoms with van der Waals surface area (Å²) in [5, 5.41) is 5.20. The van der Waals surface area contributed by atoms with E-state index in [-0.39, 0.29) is 4.83 Å². The van der Waals surface area contributed by atoms with Gasteiger partial charge in [-0.15, -0.1) is 11.3 Å². The van der Waals surface area contributed by atoms with Crippen molar-refractivity contribution in [1.82, 2.24) is 9.97 Å². The van der Waals surface area contributed by atoms with Crippen molar-refractivity contribution >= 4 is 49.6 Å². The van der Waals surface area contributed by atoms with Crippen LogP contribution in [0.1, 0.15) is 6.42 Å². The average molecular weight is 300 g/mol. The summed E-state index contributed by atoms with van der Waals surface area (Å²) in [4.78, 5) is 18.7. The molecule has 0 bridgehead atoms. The second-order valence-electron chi connectivity index (χ2n) is 3.22. The van der Waals surface area contributed by atoms with Gasteiger partial charge in [0.1, 0.15) is 18.4 Å². The van der Waals surface area contributed by atoms with Gasteiger partial charge in [-0.3, -0.25) is 0 Å². The largest absolute Gasteiger partial charge is 0.369 e. The molecule has 0 aromatic carbocycles. The molecule has 1 unspecified atom stereocenters. The number of halogens is 1. The Morgan fingerprint density at radius 3 is 3.25 bits per heavy atom. The molecule has 0 saturated carbocycles. The molecule has 84 valence electrons. The van der Waals surface area contributed by atoms with E-state index < -0.39 is 0 Å². The van der Waals surface area contributed by atoms with Gasteiger partial charge < -0.3 is 10.1 Å². The highest BCUT2D eigenvalue weighted by atomic mass is 79.9. The second-order valence-corrected chi connectivity index (χ2v) is 5.32. The standard InChI is InChI=1S/C10H10BrN3OS/c11-7(5-15)1-3-12-10-9-8(2-4-16-9)13-6-14-10/h2,4-7H,1,3H2,(H,12,13,14). The third-order valence-corrected chi connectivity index (χ3v) is 3.69. The first-order valence-corrected chi connectivity index (χ1v) is 6.62. The van der Waals surface area contributed by atoms with E-state index in [0.29, 0.717) is 6.54 Å². The van der Waals surface area contributed by atoms with Crippen LogP contribution in [0.15, 0.2) is 17.8 Å². The highest BCUT2D eigenvalue weighted by Crippen LogP contribution is 2.24. The maximum Gasteiger partial charge on any atom is 0.147 e. The molecule has 2 aromatic rings. The van der Waals surface area contributed by atoms with Crippen molar-refractivity contribution in [3.05, 3.63) is 17.8 Å². The molecule has 0 aliphatic heterocycles. The number of alkyl halides is 1. The monoisotopic (exact) mass is 299 g/mol. The van der Waals surface area contributed by atoms with Gasteiger partial charge in [-0.2, -0.15) is 0 Å². The molecule has 0 saturated heterocycles. The molecule has 0 aliphatic rings. The van der Waals surface area contributed by atoms with Crippen LogP contribution in [-0.4, -0.2) is 27.6 Å². The van der Waals surface area contributed by atoms with Crippen LogP contribution < -0.4 is 5.32 Å². The van der Waals surface area contributed by atoms with Crippen molar-refractivity contribution in [2.24, 2.45) is 0 Å². The lowest BCUT2D eigenvalue weighted by Gasteiger charge is -2.06. The predicted octanol–water partition coefficient (Wildman–Crippen LogP) is 2.46. The number of nitrogens with one attached hydrogen (secondary N) is 1. The van der Waals surface area contributed by atoms with E-state index in [2.05, 4.69) is 31.2 Å². The van der Waals surface area contributed by atoms with Gasteiger partial charge in [0.15, 0.2) is 0 Å². The smallest absolute Gasteiger partial charge is 0.147 e. The lowest BCUT2D eigenvalue weighted by molar-refractivity contribution is -0.107. The third-order valence-electron chi connectivity index (χ3n) is 2.10. The van der Waals surface area contributed by atoms with E-state index in [9.17, 15) is 4.79 Å². The van der Waals surface area contributed by atoms with Gasteiger partial charge in [0.2, 0.25) is 0 Å². The van der Waals surface area contributed by atoms with Crippen molar-refractivity contribution in [3.63, 3.8) is 0 Å². The molecule has 6 heteroatoms. The van der Waals surface area contributed by atoms with Crippen molar-refractivity contribution in [2.75, 3.05) is 11.9 Å². The van der Waals surface area contributed by atoms with Gasteiger partial charge in [0.05, 0.1) is 15.0 Å².